The molecule has 0 amide bonds. The first-order chi connectivity index (χ1) is 9.65. The highest BCUT2D eigenvalue weighted by Crippen LogP contribution is 2.32. The number of nitrogens with zero attached hydrogens (tertiary/aromatic N) is 2. The van der Waals surface area contributed by atoms with Crippen LogP contribution in [-0.2, 0) is 0 Å². The molecule has 0 bridgehead atoms. The first kappa shape index (κ1) is 14.3. The molecule has 106 valence electrons. The van der Waals surface area contributed by atoms with Gasteiger partial charge in [0.15, 0.2) is 0 Å². The van der Waals surface area contributed by atoms with Gasteiger partial charge in [-0.15, -0.1) is 0 Å². The van der Waals surface area contributed by atoms with Crippen LogP contribution in [0.25, 0.3) is 0 Å². The molecule has 2 atom stereocenters. The second-order valence-corrected chi connectivity index (χ2v) is 5.16. The molecule has 5 nitrogen and oxygen atoms in total. The summed E-state index contributed by atoms with van der Waals surface area (Å²) in [6.07, 6.45) is 5.66. The van der Waals surface area contributed by atoms with Crippen LogP contribution < -0.4 is 4.74 Å². The zero-order chi connectivity index (χ0) is 14.5. The van der Waals surface area contributed by atoms with Crippen LogP contribution in [0.15, 0.2) is 18.2 Å². The third-order valence-corrected chi connectivity index (χ3v) is 3.94. The maximum atomic E-state index is 10.7. The monoisotopic (exact) mass is 274 g/mol. The zero-order valence-electron chi connectivity index (χ0n) is 11.5. The maximum absolute atomic E-state index is 10.7. The van der Waals surface area contributed by atoms with E-state index in [4.69, 9.17) is 10.00 Å². The summed E-state index contributed by atoms with van der Waals surface area (Å²) < 4.78 is 5.97. The molecule has 0 spiro atoms. The number of benzene rings is 1. The van der Waals surface area contributed by atoms with E-state index >= 15 is 0 Å². The number of nitriles is 1. The van der Waals surface area contributed by atoms with E-state index in [-0.39, 0.29) is 17.4 Å². The van der Waals surface area contributed by atoms with Gasteiger partial charge in [-0.2, -0.15) is 5.26 Å². The van der Waals surface area contributed by atoms with Crippen molar-refractivity contribution in [3.63, 3.8) is 0 Å². The Hall–Kier alpha value is -2.09. The molecule has 1 aromatic carbocycles. The van der Waals surface area contributed by atoms with E-state index in [9.17, 15) is 10.1 Å². The van der Waals surface area contributed by atoms with Crippen LogP contribution in [0.2, 0.25) is 0 Å². The predicted octanol–water partition coefficient (Wildman–Crippen LogP) is 3.81. The molecular weight excluding hydrogens is 256 g/mol. The summed E-state index contributed by atoms with van der Waals surface area (Å²) in [5.74, 6) is 0.967. The third kappa shape index (κ3) is 3.08. The van der Waals surface area contributed by atoms with Crippen molar-refractivity contribution in [3.8, 4) is 11.8 Å². The number of nitro benzene ring substituents is 1. The molecular formula is C15H18N2O3. The quantitative estimate of drug-likeness (QED) is 0.617. The molecule has 0 heterocycles. The zero-order valence-corrected chi connectivity index (χ0v) is 11.5. The molecule has 0 N–H and O–H groups in total. The summed E-state index contributed by atoms with van der Waals surface area (Å²) in [4.78, 5) is 10.2. The molecule has 0 radical (unpaired) electrons. The Bertz CT molecular complexity index is 536. The van der Waals surface area contributed by atoms with E-state index in [1.807, 2.05) is 6.07 Å². The Morgan fingerprint density at radius 1 is 1.45 bits per heavy atom. The minimum absolute atomic E-state index is 0.0791. The lowest BCUT2D eigenvalue weighted by Gasteiger charge is -2.31. The molecule has 0 aliphatic heterocycles. The van der Waals surface area contributed by atoms with E-state index in [0.717, 1.165) is 25.7 Å². The van der Waals surface area contributed by atoms with E-state index in [2.05, 4.69) is 6.92 Å². The van der Waals surface area contributed by atoms with E-state index in [1.54, 1.807) is 0 Å². The molecule has 20 heavy (non-hydrogen) atoms. The number of hydrogen-bond acceptors (Lipinski definition) is 4. The Morgan fingerprint density at radius 3 is 2.85 bits per heavy atom. The number of non-ortho nitro benzene ring substituents is 1. The maximum Gasteiger partial charge on any atom is 0.271 e. The molecule has 1 saturated carbocycles. The van der Waals surface area contributed by atoms with Crippen LogP contribution in [0, 0.1) is 27.4 Å². The van der Waals surface area contributed by atoms with E-state index in [0.29, 0.717) is 11.7 Å². The topological polar surface area (TPSA) is 76.2 Å². The van der Waals surface area contributed by atoms with Crippen LogP contribution in [-0.4, -0.2) is 11.0 Å². The number of ether oxygens (including phenoxy) is 1. The number of hydrogen-bond donors (Lipinski definition) is 0. The summed E-state index contributed by atoms with van der Waals surface area (Å²) in [6.45, 7) is 2.15. The van der Waals surface area contributed by atoms with E-state index in [1.165, 1.54) is 24.6 Å². The lowest BCUT2D eigenvalue weighted by atomic mass is 9.84. The van der Waals surface area contributed by atoms with Crippen molar-refractivity contribution >= 4 is 5.69 Å². The van der Waals surface area contributed by atoms with Gasteiger partial charge < -0.3 is 4.74 Å². The van der Waals surface area contributed by atoms with Gasteiger partial charge in [-0.05, 0) is 37.7 Å². The van der Waals surface area contributed by atoms with Gasteiger partial charge >= 0.3 is 0 Å². The van der Waals surface area contributed by atoms with Crippen LogP contribution >= 0.6 is 0 Å². The molecule has 0 saturated heterocycles. The fourth-order valence-electron chi connectivity index (χ4n) is 2.78. The lowest BCUT2D eigenvalue weighted by molar-refractivity contribution is -0.384. The van der Waals surface area contributed by atoms with Crippen LogP contribution in [0.3, 0.4) is 0 Å². The number of rotatable bonds is 4. The largest absolute Gasteiger partial charge is 0.489 e. The van der Waals surface area contributed by atoms with Crippen molar-refractivity contribution in [2.45, 2.75) is 45.1 Å². The van der Waals surface area contributed by atoms with Crippen molar-refractivity contribution in [3.05, 3.63) is 33.9 Å². The smallest absolute Gasteiger partial charge is 0.271 e. The Labute approximate surface area is 118 Å². The molecule has 2 unspecified atom stereocenters. The van der Waals surface area contributed by atoms with Crippen molar-refractivity contribution in [2.24, 2.45) is 5.92 Å². The van der Waals surface area contributed by atoms with Gasteiger partial charge in [0.2, 0.25) is 0 Å². The van der Waals surface area contributed by atoms with Gasteiger partial charge in [0, 0.05) is 12.1 Å². The third-order valence-electron chi connectivity index (χ3n) is 3.94. The van der Waals surface area contributed by atoms with E-state index < -0.39 is 4.92 Å². The van der Waals surface area contributed by atoms with Crippen molar-refractivity contribution in [1.29, 1.82) is 5.26 Å². The minimum atomic E-state index is -0.500. The van der Waals surface area contributed by atoms with Crippen molar-refractivity contribution < 1.29 is 9.66 Å². The van der Waals surface area contributed by atoms with Crippen LogP contribution in [0.1, 0.15) is 44.6 Å². The molecule has 2 rings (SSSR count). The van der Waals surface area contributed by atoms with Gasteiger partial charge in [-0.25, -0.2) is 0 Å². The average molecular weight is 274 g/mol. The van der Waals surface area contributed by atoms with Gasteiger partial charge in [-0.1, -0.05) is 13.3 Å². The number of nitro groups is 1. The Morgan fingerprint density at radius 2 is 2.20 bits per heavy atom. The first-order valence-corrected chi connectivity index (χ1v) is 7.01. The van der Waals surface area contributed by atoms with Gasteiger partial charge in [0.05, 0.1) is 4.92 Å². The second kappa shape index (κ2) is 6.38. The Kier molecular flexibility index (Phi) is 4.57. The van der Waals surface area contributed by atoms with Crippen molar-refractivity contribution in [2.75, 3.05) is 0 Å². The highest BCUT2D eigenvalue weighted by atomic mass is 16.6. The van der Waals surface area contributed by atoms with Crippen LogP contribution in [0.5, 0.6) is 5.75 Å². The standard InChI is InChI=1S/C15H18N2O3/c1-2-11-5-3-4-6-14(11)20-15-8-7-13(17(18)19)9-12(15)10-16/h7-9,11,14H,2-6H2,1H3. The Balaban J connectivity index is 2.20. The summed E-state index contributed by atoms with van der Waals surface area (Å²) in [5.41, 5.74) is 0.157. The van der Waals surface area contributed by atoms with Gasteiger partial charge in [-0.3, -0.25) is 10.1 Å². The molecule has 1 aromatic rings. The summed E-state index contributed by atoms with van der Waals surface area (Å²) in [5, 5.41) is 19.8. The summed E-state index contributed by atoms with van der Waals surface area (Å²) in [7, 11) is 0. The fourth-order valence-corrected chi connectivity index (χ4v) is 2.78. The van der Waals surface area contributed by atoms with Crippen molar-refractivity contribution in [1.82, 2.24) is 0 Å². The molecule has 1 fully saturated rings. The van der Waals surface area contributed by atoms with Gasteiger partial charge in [0.1, 0.15) is 23.5 Å². The normalized spacial score (nSPS) is 22.0. The highest BCUT2D eigenvalue weighted by molar-refractivity contribution is 5.50. The second-order valence-electron chi connectivity index (χ2n) is 5.16. The fraction of sp³-hybridized carbons (Fsp3) is 0.533. The minimum Gasteiger partial charge on any atom is -0.489 e. The predicted molar refractivity (Wildman–Crippen MR) is 74.5 cm³/mol. The van der Waals surface area contributed by atoms with Gasteiger partial charge in [0.25, 0.3) is 5.69 Å². The lowest BCUT2D eigenvalue weighted by Crippen LogP contribution is -2.30. The summed E-state index contributed by atoms with van der Waals surface area (Å²) in [6, 6.07) is 6.19. The highest BCUT2D eigenvalue weighted by Gasteiger charge is 2.26. The SMILES string of the molecule is CCC1CCCCC1Oc1ccc([N+](=O)[O-])cc1C#N. The van der Waals surface area contributed by atoms with Crippen LogP contribution in [0.4, 0.5) is 5.69 Å². The molecule has 1 aliphatic carbocycles. The summed E-state index contributed by atoms with van der Waals surface area (Å²) >= 11 is 0. The molecule has 0 aromatic heterocycles. The molecule has 5 heteroatoms. The average Bonchev–Trinajstić information content (AvgIpc) is 2.48. The first-order valence-electron chi connectivity index (χ1n) is 7.01. The molecule has 1 aliphatic rings.